The Morgan fingerprint density at radius 2 is 1.68 bits per heavy atom. The number of aromatic carboxylic acids is 1. The average Bonchev–Trinajstić information content (AvgIpc) is 2.54. The third kappa shape index (κ3) is 6.38. The summed E-state index contributed by atoms with van der Waals surface area (Å²) in [6.45, 7) is 10.2. The van der Waals surface area contributed by atoms with E-state index in [-0.39, 0.29) is 5.97 Å². The molecule has 1 saturated heterocycles. The van der Waals surface area contributed by atoms with Gasteiger partial charge in [0, 0.05) is 38.3 Å². The summed E-state index contributed by atoms with van der Waals surface area (Å²) in [5.41, 5.74) is 0.946. The Hall–Kier alpha value is -2.08. The highest BCUT2D eigenvalue weighted by atomic mass is 16.6. The number of carboxylic acids is 1. The zero-order chi connectivity index (χ0) is 18.4. The van der Waals surface area contributed by atoms with Gasteiger partial charge in [0.1, 0.15) is 5.60 Å². The maximum absolute atomic E-state index is 11.7. The van der Waals surface area contributed by atoms with Gasteiger partial charge in [0.15, 0.2) is 0 Å². The van der Waals surface area contributed by atoms with Gasteiger partial charge in [-0.15, -0.1) is 0 Å². The monoisotopic (exact) mass is 348 g/mol. The second-order valence-corrected chi connectivity index (χ2v) is 7.37. The molecule has 6 heteroatoms. The zero-order valence-electron chi connectivity index (χ0n) is 15.3. The van der Waals surface area contributed by atoms with Crippen LogP contribution in [0.15, 0.2) is 24.3 Å². The fourth-order valence-corrected chi connectivity index (χ4v) is 2.88. The van der Waals surface area contributed by atoms with Crippen LogP contribution in [0.3, 0.4) is 0 Å². The van der Waals surface area contributed by atoms with Crippen LogP contribution in [-0.2, 0) is 9.53 Å². The highest BCUT2D eigenvalue weighted by Crippen LogP contribution is 2.18. The highest BCUT2D eigenvalue weighted by molar-refractivity contribution is 5.88. The highest BCUT2D eigenvalue weighted by Gasteiger charge is 2.19. The van der Waals surface area contributed by atoms with Crippen LogP contribution in [-0.4, -0.2) is 60.3 Å². The first-order valence-electron chi connectivity index (χ1n) is 8.77. The molecule has 0 unspecified atom stereocenters. The molecule has 0 atom stereocenters. The number of carbonyl (C=O) groups is 2. The maximum Gasteiger partial charge on any atom is 0.335 e. The van der Waals surface area contributed by atoms with Gasteiger partial charge in [-0.2, -0.15) is 0 Å². The van der Waals surface area contributed by atoms with Crippen molar-refractivity contribution in [2.24, 2.45) is 0 Å². The summed E-state index contributed by atoms with van der Waals surface area (Å²) in [4.78, 5) is 27.2. The van der Waals surface area contributed by atoms with Crippen LogP contribution in [0.1, 0.15) is 44.0 Å². The number of hydrogen-bond acceptors (Lipinski definition) is 5. The van der Waals surface area contributed by atoms with Gasteiger partial charge in [-0.05, 0) is 58.0 Å². The van der Waals surface area contributed by atoms with Crippen LogP contribution in [0.25, 0.3) is 0 Å². The van der Waals surface area contributed by atoms with E-state index in [0.717, 1.165) is 44.8 Å². The summed E-state index contributed by atoms with van der Waals surface area (Å²) in [6.07, 6.45) is 1.26. The molecule has 1 aliphatic heterocycles. The molecule has 0 radical (unpaired) electrons. The number of anilines is 1. The SMILES string of the molecule is CC(C)(C)OC(=O)CCCN1CCN(c2ccc(C(=O)O)cc2)CC1. The Bertz CT molecular complexity index is 584. The molecular weight excluding hydrogens is 320 g/mol. The van der Waals surface area contributed by atoms with Crippen molar-refractivity contribution in [3.8, 4) is 0 Å². The fourth-order valence-electron chi connectivity index (χ4n) is 2.88. The number of rotatable bonds is 6. The Morgan fingerprint density at radius 1 is 1.08 bits per heavy atom. The molecule has 25 heavy (non-hydrogen) atoms. The van der Waals surface area contributed by atoms with Gasteiger partial charge < -0.3 is 14.7 Å². The predicted octanol–water partition coefficient (Wildman–Crippen LogP) is 2.63. The van der Waals surface area contributed by atoms with E-state index in [1.165, 1.54) is 0 Å². The van der Waals surface area contributed by atoms with Gasteiger partial charge in [0.2, 0.25) is 0 Å². The minimum atomic E-state index is -0.902. The number of nitrogens with zero attached hydrogens (tertiary/aromatic N) is 2. The number of esters is 1. The Kier molecular flexibility index (Phi) is 6.42. The van der Waals surface area contributed by atoms with Crippen LogP contribution in [0.5, 0.6) is 0 Å². The summed E-state index contributed by atoms with van der Waals surface area (Å²) in [5, 5.41) is 8.95. The molecule has 1 aliphatic rings. The van der Waals surface area contributed by atoms with Crippen molar-refractivity contribution in [2.45, 2.75) is 39.2 Å². The molecule has 1 heterocycles. The minimum absolute atomic E-state index is 0.135. The van der Waals surface area contributed by atoms with Crippen molar-refractivity contribution in [1.29, 1.82) is 0 Å². The lowest BCUT2D eigenvalue weighted by molar-refractivity contribution is -0.155. The minimum Gasteiger partial charge on any atom is -0.478 e. The molecule has 138 valence electrons. The quantitative estimate of drug-likeness (QED) is 0.797. The Labute approximate surface area is 149 Å². The van der Waals surface area contributed by atoms with Crippen molar-refractivity contribution in [1.82, 2.24) is 4.90 Å². The van der Waals surface area contributed by atoms with Crippen LogP contribution in [0.4, 0.5) is 5.69 Å². The lowest BCUT2D eigenvalue weighted by Crippen LogP contribution is -2.46. The van der Waals surface area contributed by atoms with E-state index in [1.807, 2.05) is 32.9 Å². The second kappa shape index (κ2) is 8.34. The first-order chi connectivity index (χ1) is 11.7. The standard InChI is InChI=1S/C19H28N2O4/c1-19(2,3)25-17(22)5-4-10-20-11-13-21(14-12-20)16-8-6-15(7-9-16)18(23)24/h6-9H,4-5,10-14H2,1-3H3,(H,23,24). The van der Waals surface area contributed by atoms with Crippen LogP contribution < -0.4 is 4.90 Å². The molecule has 1 aromatic carbocycles. The van der Waals surface area contributed by atoms with Gasteiger partial charge in [-0.3, -0.25) is 9.69 Å². The fraction of sp³-hybridized carbons (Fsp3) is 0.579. The molecule has 0 aromatic heterocycles. The molecule has 1 N–H and O–H groups in total. The molecule has 0 bridgehead atoms. The van der Waals surface area contributed by atoms with E-state index >= 15 is 0 Å². The van der Waals surface area contributed by atoms with E-state index in [0.29, 0.717) is 12.0 Å². The molecular formula is C19H28N2O4. The predicted molar refractivity (Wildman–Crippen MR) is 97.1 cm³/mol. The first-order valence-corrected chi connectivity index (χ1v) is 8.77. The Balaban J connectivity index is 1.71. The van der Waals surface area contributed by atoms with Gasteiger partial charge in [-0.1, -0.05) is 0 Å². The third-order valence-corrected chi connectivity index (χ3v) is 4.13. The van der Waals surface area contributed by atoms with E-state index in [4.69, 9.17) is 9.84 Å². The number of ether oxygens (including phenoxy) is 1. The lowest BCUT2D eigenvalue weighted by atomic mass is 10.1. The largest absolute Gasteiger partial charge is 0.478 e. The summed E-state index contributed by atoms with van der Waals surface area (Å²) in [7, 11) is 0. The van der Waals surface area contributed by atoms with Crippen molar-refractivity contribution >= 4 is 17.6 Å². The molecule has 1 aromatic rings. The number of hydrogen-bond donors (Lipinski definition) is 1. The molecule has 0 spiro atoms. The Morgan fingerprint density at radius 3 is 2.20 bits per heavy atom. The summed E-state index contributed by atoms with van der Waals surface area (Å²) >= 11 is 0. The third-order valence-electron chi connectivity index (χ3n) is 4.13. The normalized spacial score (nSPS) is 15.9. The summed E-state index contributed by atoms with van der Waals surface area (Å²) in [6, 6.07) is 7.01. The van der Waals surface area contributed by atoms with E-state index in [9.17, 15) is 9.59 Å². The van der Waals surface area contributed by atoms with Gasteiger partial charge in [0.25, 0.3) is 0 Å². The van der Waals surface area contributed by atoms with Gasteiger partial charge >= 0.3 is 11.9 Å². The summed E-state index contributed by atoms with van der Waals surface area (Å²) in [5.74, 6) is -1.04. The van der Waals surface area contributed by atoms with Crippen LogP contribution in [0.2, 0.25) is 0 Å². The molecule has 6 nitrogen and oxygen atoms in total. The molecule has 0 amide bonds. The van der Waals surface area contributed by atoms with Crippen molar-refractivity contribution in [3.05, 3.63) is 29.8 Å². The van der Waals surface area contributed by atoms with Crippen LogP contribution in [0, 0.1) is 0 Å². The summed E-state index contributed by atoms with van der Waals surface area (Å²) < 4.78 is 5.32. The van der Waals surface area contributed by atoms with Crippen molar-refractivity contribution in [3.63, 3.8) is 0 Å². The zero-order valence-corrected chi connectivity index (χ0v) is 15.3. The number of benzene rings is 1. The number of piperazine rings is 1. The molecule has 0 aliphatic carbocycles. The van der Waals surface area contributed by atoms with Gasteiger partial charge in [-0.25, -0.2) is 4.79 Å². The van der Waals surface area contributed by atoms with E-state index in [2.05, 4.69) is 9.80 Å². The molecule has 2 rings (SSSR count). The average molecular weight is 348 g/mol. The molecule has 1 fully saturated rings. The van der Waals surface area contributed by atoms with Gasteiger partial charge in [0.05, 0.1) is 5.56 Å². The molecule has 0 saturated carbocycles. The van der Waals surface area contributed by atoms with E-state index in [1.54, 1.807) is 12.1 Å². The lowest BCUT2D eigenvalue weighted by Gasteiger charge is -2.36. The van der Waals surface area contributed by atoms with E-state index < -0.39 is 11.6 Å². The van der Waals surface area contributed by atoms with Crippen molar-refractivity contribution < 1.29 is 19.4 Å². The topological polar surface area (TPSA) is 70.1 Å². The first kappa shape index (κ1) is 19.2. The maximum atomic E-state index is 11.7. The second-order valence-electron chi connectivity index (χ2n) is 7.37. The van der Waals surface area contributed by atoms with Crippen molar-refractivity contribution in [2.75, 3.05) is 37.6 Å². The number of carbonyl (C=O) groups excluding carboxylic acids is 1. The van der Waals surface area contributed by atoms with Crippen LogP contribution >= 0.6 is 0 Å². The number of carboxylic acid groups (broad SMARTS) is 1. The smallest absolute Gasteiger partial charge is 0.335 e.